The van der Waals surface area contributed by atoms with Gasteiger partial charge >= 0.3 is 15.2 Å². The average molecular weight is 204 g/mol. The third kappa shape index (κ3) is 5.15. The van der Waals surface area contributed by atoms with E-state index in [-0.39, 0.29) is 5.82 Å². The lowest BCUT2D eigenvalue weighted by molar-refractivity contribution is 0.334. The van der Waals surface area contributed by atoms with Gasteiger partial charge in [-0.3, -0.25) is 9.13 Å². The molecular weight excluding hydrogens is 198 g/mol. The Hall–Kier alpha value is -0.160. The molecule has 0 aliphatic heterocycles. The molecule has 0 amide bonds. The lowest BCUT2D eigenvalue weighted by Crippen LogP contribution is -1.84. The van der Waals surface area contributed by atoms with Crippen molar-refractivity contribution in [2.45, 2.75) is 0 Å². The minimum atomic E-state index is -4.93. The minimum Gasteiger partial charge on any atom is -0.501 e. The van der Waals surface area contributed by atoms with Crippen LogP contribution in [0.15, 0.2) is 11.3 Å². The largest absolute Gasteiger partial charge is 0.501 e. The molecule has 0 spiro atoms. The molecule has 0 aromatic heterocycles. The van der Waals surface area contributed by atoms with Crippen LogP contribution in [-0.4, -0.2) is 24.7 Å². The van der Waals surface area contributed by atoms with Crippen LogP contribution in [0, 0.1) is 0 Å². The van der Waals surface area contributed by atoms with Crippen molar-refractivity contribution in [2.75, 3.05) is 0 Å². The van der Waals surface area contributed by atoms with Gasteiger partial charge in [0.1, 0.15) is 0 Å². The molecule has 66 valence electrons. The van der Waals surface area contributed by atoms with E-state index in [0.29, 0.717) is 0 Å². The van der Waals surface area contributed by atoms with E-state index in [1.165, 1.54) is 0 Å². The van der Waals surface area contributed by atoms with Crippen molar-refractivity contribution in [3.63, 3.8) is 0 Å². The van der Waals surface area contributed by atoms with Gasteiger partial charge in [-0.2, -0.15) is 0 Å². The molecule has 0 aromatic rings. The van der Waals surface area contributed by atoms with Gasteiger partial charge in [-0.1, -0.05) is 0 Å². The monoisotopic (exact) mass is 204 g/mol. The molecule has 0 atom stereocenters. The van der Waals surface area contributed by atoms with E-state index in [1.54, 1.807) is 0 Å². The van der Waals surface area contributed by atoms with Crippen LogP contribution in [0.4, 0.5) is 0 Å². The van der Waals surface area contributed by atoms with Crippen LogP contribution >= 0.6 is 15.2 Å². The van der Waals surface area contributed by atoms with Gasteiger partial charge in [0.15, 0.2) is 0 Å². The Morgan fingerprint density at radius 1 is 1.09 bits per heavy atom. The van der Waals surface area contributed by atoms with Gasteiger partial charge in [0, 0.05) is 0 Å². The standard InChI is InChI=1S/C2H6O7P2/c3-2(11(7,8)9)1-10(4,5)6/h1,3H,(H2,4,5,6)(H2,7,8,9). The maximum absolute atomic E-state index is 10.0. The number of aliphatic hydroxyl groups is 1. The lowest BCUT2D eigenvalue weighted by atomic mass is 11.1. The first-order valence-electron chi connectivity index (χ1n) is 2.16. The lowest BCUT2D eigenvalue weighted by Gasteiger charge is -2.01. The van der Waals surface area contributed by atoms with Gasteiger partial charge < -0.3 is 24.7 Å². The highest BCUT2D eigenvalue weighted by atomic mass is 31.2. The van der Waals surface area contributed by atoms with Crippen molar-refractivity contribution in [3.8, 4) is 0 Å². The first-order valence-corrected chi connectivity index (χ1v) is 5.45. The van der Waals surface area contributed by atoms with E-state index >= 15 is 0 Å². The smallest absolute Gasteiger partial charge is 0.390 e. The predicted octanol–water partition coefficient (Wildman–Crippen LogP) is -0.301. The second kappa shape index (κ2) is 3.06. The van der Waals surface area contributed by atoms with Gasteiger partial charge in [-0.15, -0.1) is 0 Å². The quantitative estimate of drug-likeness (QED) is 0.307. The Kier molecular flexibility index (Phi) is 3.02. The fourth-order valence-corrected chi connectivity index (χ4v) is 1.58. The van der Waals surface area contributed by atoms with Crippen LogP contribution in [0.1, 0.15) is 0 Å². The van der Waals surface area contributed by atoms with Crippen LogP contribution in [0.3, 0.4) is 0 Å². The van der Waals surface area contributed by atoms with Crippen LogP contribution < -0.4 is 0 Å². The zero-order valence-corrected chi connectivity index (χ0v) is 6.81. The molecule has 0 saturated heterocycles. The molecule has 7 nitrogen and oxygen atoms in total. The summed E-state index contributed by atoms with van der Waals surface area (Å²) in [6.07, 6.45) is 0. The molecule has 11 heavy (non-hydrogen) atoms. The summed E-state index contributed by atoms with van der Waals surface area (Å²) in [5.41, 5.74) is -1.62. The topological polar surface area (TPSA) is 135 Å². The highest BCUT2D eigenvalue weighted by Crippen LogP contribution is 2.49. The second-order valence-corrected chi connectivity index (χ2v) is 4.60. The van der Waals surface area contributed by atoms with E-state index in [1.807, 2.05) is 0 Å². The van der Waals surface area contributed by atoms with Crippen molar-refractivity contribution >= 4 is 15.2 Å². The summed E-state index contributed by atoms with van der Waals surface area (Å²) in [6, 6.07) is 0. The average Bonchev–Trinajstić information content (AvgIpc) is 1.56. The Labute approximate surface area is 61.3 Å². The molecule has 0 radical (unpaired) electrons. The van der Waals surface area contributed by atoms with Crippen LogP contribution in [0.25, 0.3) is 0 Å². The second-order valence-electron chi connectivity index (χ2n) is 1.62. The molecule has 0 aliphatic rings. The highest BCUT2D eigenvalue weighted by molar-refractivity contribution is 7.59. The summed E-state index contributed by atoms with van der Waals surface area (Å²) in [6.45, 7) is 0. The molecule has 9 heteroatoms. The molecule has 5 N–H and O–H groups in total. The molecule has 0 unspecified atom stereocenters. The Morgan fingerprint density at radius 3 is 1.55 bits per heavy atom. The van der Waals surface area contributed by atoms with Gasteiger partial charge in [0.25, 0.3) is 0 Å². The maximum Gasteiger partial charge on any atom is 0.390 e. The molecule has 0 rings (SSSR count). The number of hydrogen-bond donors (Lipinski definition) is 5. The fraction of sp³-hybridized carbons (Fsp3) is 0. The van der Waals surface area contributed by atoms with Gasteiger partial charge in [-0.25, -0.2) is 0 Å². The van der Waals surface area contributed by atoms with E-state index < -0.39 is 20.7 Å². The summed E-state index contributed by atoms with van der Waals surface area (Å²) in [4.78, 5) is 32.4. The summed E-state index contributed by atoms with van der Waals surface area (Å²) >= 11 is 0. The Bertz CT molecular complexity index is 254. The molecule has 0 aliphatic carbocycles. The first-order chi connectivity index (χ1) is 4.63. The molecular formula is C2H6O7P2. The number of hydrogen-bond acceptors (Lipinski definition) is 3. The molecule has 0 bridgehead atoms. The van der Waals surface area contributed by atoms with E-state index in [4.69, 9.17) is 24.7 Å². The predicted molar refractivity (Wildman–Crippen MR) is 34.8 cm³/mol. The van der Waals surface area contributed by atoms with Crippen molar-refractivity contribution in [2.24, 2.45) is 0 Å². The Balaban J connectivity index is 4.78. The molecule has 0 aromatic carbocycles. The van der Waals surface area contributed by atoms with Crippen molar-refractivity contribution < 1.29 is 33.8 Å². The van der Waals surface area contributed by atoms with Crippen LogP contribution in [0.5, 0.6) is 0 Å². The van der Waals surface area contributed by atoms with Gasteiger partial charge in [0.05, 0.1) is 5.82 Å². The van der Waals surface area contributed by atoms with E-state index in [9.17, 15) is 9.13 Å². The third-order valence-corrected chi connectivity index (χ3v) is 2.09. The number of rotatable bonds is 2. The molecule has 0 fully saturated rings. The minimum absolute atomic E-state index is 0.187. The zero-order chi connectivity index (χ0) is 9.28. The van der Waals surface area contributed by atoms with Crippen molar-refractivity contribution in [1.29, 1.82) is 0 Å². The zero-order valence-electron chi connectivity index (χ0n) is 5.02. The van der Waals surface area contributed by atoms with Crippen LogP contribution in [0.2, 0.25) is 0 Å². The SMILES string of the molecule is O=P(O)(O)C=C(O)P(=O)(O)O. The van der Waals surface area contributed by atoms with Crippen molar-refractivity contribution in [1.82, 2.24) is 0 Å². The van der Waals surface area contributed by atoms with E-state index in [2.05, 4.69) is 0 Å². The van der Waals surface area contributed by atoms with Crippen LogP contribution in [-0.2, 0) is 9.13 Å². The summed E-state index contributed by atoms with van der Waals surface area (Å²) < 4.78 is 20.0. The van der Waals surface area contributed by atoms with Gasteiger partial charge in [-0.05, 0) is 0 Å². The van der Waals surface area contributed by atoms with Crippen molar-refractivity contribution in [3.05, 3.63) is 11.3 Å². The van der Waals surface area contributed by atoms with Gasteiger partial charge in [0.2, 0.25) is 5.50 Å². The Morgan fingerprint density at radius 2 is 1.45 bits per heavy atom. The molecule has 0 saturated carbocycles. The summed E-state index contributed by atoms with van der Waals surface area (Å²) in [7, 11) is -9.65. The normalized spacial score (nSPS) is 15.1. The maximum atomic E-state index is 10.0. The molecule has 0 heterocycles. The first kappa shape index (κ1) is 10.8. The summed E-state index contributed by atoms with van der Waals surface area (Å²) in [5, 5.41) is 8.33. The van der Waals surface area contributed by atoms with E-state index in [0.717, 1.165) is 0 Å². The third-order valence-electron chi connectivity index (χ3n) is 0.582. The summed E-state index contributed by atoms with van der Waals surface area (Å²) in [5.74, 6) is -0.187. The highest BCUT2D eigenvalue weighted by Gasteiger charge is 2.24. The number of aliphatic hydroxyl groups excluding tert-OH is 1. The fourth-order valence-electron chi connectivity index (χ4n) is 0.226.